The third-order valence-corrected chi connectivity index (χ3v) is 3.91. The Labute approximate surface area is 134 Å². The van der Waals surface area contributed by atoms with Crippen LogP contribution in [0.15, 0.2) is 18.2 Å². The number of aliphatic hydroxyl groups is 1. The number of anilines is 1. The van der Waals surface area contributed by atoms with Gasteiger partial charge in [-0.3, -0.25) is 0 Å². The van der Waals surface area contributed by atoms with Gasteiger partial charge in [-0.25, -0.2) is 4.98 Å². The molecule has 7 nitrogen and oxygen atoms in total. The van der Waals surface area contributed by atoms with Crippen LogP contribution in [0.4, 0.5) is 5.95 Å². The summed E-state index contributed by atoms with van der Waals surface area (Å²) in [6.07, 6.45) is 0.0952. The van der Waals surface area contributed by atoms with Crippen LogP contribution in [-0.2, 0) is 4.74 Å². The lowest BCUT2D eigenvalue weighted by molar-refractivity contribution is -0.0136. The minimum Gasteiger partial charge on any atom is -0.507 e. The number of aryl methyl sites for hydroxylation is 2. The predicted octanol–water partition coefficient (Wildman–Crippen LogP) is 1.42. The van der Waals surface area contributed by atoms with Crippen LogP contribution in [0.3, 0.4) is 0 Å². The molecule has 0 amide bonds. The number of nitrogens with one attached hydrogen (secondary N) is 1. The maximum Gasteiger partial charge on any atom is 0.243 e. The molecule has 3 N–H and O–H groups in total. The van der Waals surface area contributed by atoms with Crippen LogP contribution in [0.25, 0.3) is 11.3 Å². The van der Waals surface area contributed by atoms with Gasteiger partial charge in [0, 0.05) is 12.2 Å². The zero-order valence-electron chi connectivity index (χ0n) is 13.2. The van der Waals surface area contributed by atoms with Crippen molar-refractivity contribution in [2.45, 2.75) is 32.4 Å². The van der Waals surface area contributed by atoms with Crippen molar-refractivity contribution in [1.29, 1.82) is 0 Å². The van der Waals surface area contributed by atoms with Gasteiger partial charge in [0.15, 0.2) is 0 Å². The number of ether oxygens (including phenoxy) is 1. The Balaban J connectivity index is 1.83. The third-order valence-electron chi connectivity index (χ3n) is 3.91. The molecule has 2 atom stereocenters. The number of phenolic OH excluding ortho intramolecular Hbond substituents is 1. The number of aromatic hydroxyl groups is 1. The van der Waals surface area contributed by atoms with E-state index in [0.29, 0.717) is 42.5 Å². The Morgan fingerprint density at radius 1 is 1.26 bits per heavy atom. The van der Waals surface area contributed by atoms with E-state index >= 15 is 0 Å². The minimum absolute atomic E-state index is 0.149. The molecule has 0 bridgehead atoms. The maximum absolute atomic E-state index is 10.1. The normalized spacial score (nSPS) is 21.2. The summed E-state index contributed by atoms with van der Waals surface area (Å²) in [6.45, 7) is 4.62. The molecule has 1 aliphatic rings. The Morgan fingerprint density at radius 2 is 2.09 bits per heavy atom. The highest BCUT2D eigenvalue weighted by molar-refractivity contribution is 5.68. The Hall–Kier alpha value is -2.25. The zero-order valence-corrected chi connectivity index (χ0v) is 13.2. The number of hydrogen-bond donors (Lipinski definition) is 3. The fourth-order valence-corrected chi connectivity index (χ4v) is 2.61. The van der Waals surface area contributed by atoms with Crippen molar-refractivity contribution in [3.8, 4) is 17.0 Å². The summed E-state index contributed by atoms with van der Waals surface area (Å²) in [4.78, 5) is 4.39. The van der Waals surface area contributed by atoms with Gasteiger partial charge in [0.05, 0.1) is 24.4 Å². The number of hydrogen-bond acceptors (Lipinski definition) is 7. The summed E-state index contributed by atoms with van der Waals surface area (Å²) < 4.78 is 5.20. The van der Waals surface area contributed by atoms with E-state index in [4.69, 9.17) is 4.74 Å². The van der Waals surface area contributed by atoms with Gasteiger partial charge < -0.3 is 20.3 Å². The highest BCUT2D eigenvalue weighted by Gasteiger charge is 2.24. The molecule has 1 saturated heterocycles. The third kappa shape index (κ3) is 3.40. The second kappa shape index (κ2) is 6.47. The highest BCUT2D eigenvalue weighted by Crippen LogP contribution is 2.29. The van der Waals surface area contributed by atoms with Crippen LogP contribution < -0.4 is 5.32 Å². The number of benzene rings is 1. The van der Waals surface area contributed by atoms with Gasteiger partial charge in [-0.1, -0.05) is 6.07 Å². The Kier molecular flexibility index (Phi) is 4.40. The summed E-state index contributed by atoms with van der Waals surface area (Å²) in [7, 11) is 0. The van der Waals surface area contributed by atoms with Crippen LogP contribution in [0, 0.1) is 13.8 Å². The first-order valence-electron chi connectivity index (χ1n) is 7.58. The van der Waals surface area contributed by atoms with Crippen LogP contribution in [0.2, 0.25) is 0 Å². The number of aliphatic hydroxyl groups excluding tert-OH is 1. The molecule has 0 saturated carbocycles. The van der Waals surface area contributed by atoms with Crippen molar-refractivity contribution in [2.75, 3.05) is 18.5 Å². The lowest BCUT2D eigenvalue weighted by atomic mass is 10.1. The fourth-order valence-electron chi connectivity index (χ4n) is 2.61. The van der Waals surface area contributed by atoms with E-state index in [2.05, 4.69) is 20.5 Å². The molecule has 122 valence electrons. The average molecular weight is 316 g/mol. The molecule has 2 aromatic rings. The zero-order chi connectivity index (χ0) is 16.4. The Bertz CT molecular complexity index is 708. The predicted molar refractivity (Wildman–Crippen MR) is 85.3 cm³/mol. The van der Waals surface area contributed by atoms with Gasteiger partial charge in [0.1, 0.15) is 11.4 Å². The van der Waals surface area contributed by atoms with Crippen LogP contribution >= 0.6 is 0 Å². The first kappa shape index (κ1) is 15.6. The molecule has 0 radical (unpaired) electrons. The van der Waals surface area contributed by atoms with Gasteiger partial charge in [0.2, 0.25) is 5.95 Å². The summed E-state index contributed by atoms with van der Waals surface area (Å²) in [5.41, 5.74) is 2.77. The number of rotatable bonds is 3. The lowest BCUT2D eigenvalue weighted by Crippen LogP contribution is -2.42. The second-order valence-corrected chi connectivity index (χ2v) is 5.77. The smallest absolute Gasteiger partial charge is 0.243 e. The van der Waals surface area contributed by atoms with E-state index in [1.165, 1.54) is 0 Å². The maximum atomic E-state index is 10.1. The van der Waals surface area contributed by atoms with E-state index in [1.807, 2.05) is 19.9 Å². The van der Waals surface area contributed by atoms with Crippen molar-refractivity contribution in [2.24, 2.45) is 0 Å². The molecule has 1 aromatic carbocycles. The molecule has 3 rings (SSSR count). The molecule has 1 aromatic heterocycles. The van der Waals surface area contributed by atoms with Crippen molar-refractivity contribution in [1.82, 2.24) is 15.2 Å². The number of nitrogens with zero attached hydrogens (tertiary/aromatic N) is 3. The van der Waals surface area contributed by atoms with Gasteiger partial charge in [-0.2, -0.15) is 0 Å². The van der Waals surface area contributed by atoms with Gasteiger partial charge in [0.25, 0.3) is 0 Å². The molecular formula is C16H20N4O3. The lowest BCUT2D eigenvalue weighted by Gasteiger charge is -2.28. The number of aromatic nitrogens is 3. The SMILES string of the molecule is Cc1ccc(-c2nnc(N[C@@H]3CCOC[C@H]3O)nc2C)c(O)c1. The molecule has 0 aliphatic carbocycles. The van der Waals surface area contributed by atoms with Crippen LogP contribution in [-0.4, -0.2) is 50.8 Å². The molecule has 0 unspecified atom stereocenters. The topological polar surface area (TPSA) is 100 Å². The minimum atomic E-state index is -0.589. The molecule has 1 fully saturated rings. The second-order valence-electron chi connectivity index (χ2n) is 5.77. The van der Waals surface area contributed by atoms with Gasteiger partial charge in [-0.05, 0) is 38.0 Å². The van der Waals surface area contributed by atoms with Gasteiger partial charge >= 0.3 is 0 Å². The molecule has 1 aliphatic heterocycles. The Morgan fingerprint density at radius 3 is 2.78 bits per heavy atom. The first-order valence-corrected chi connectivity index (χ1v) is 7.58. The number of phenols is 1. The van der Waals surface area contributed by atoms with Crippen molar-refractivity contribution < 1.29 is 14.9 Å². The molecular weight excluding hydrogens is 296 g/mol. The van der Waals surface area contributed by atoms with Crippen molar-refractivity contribution in [3.63, 3.8) is 0 Å². The highest BCUT2D eigenvalue weighted by atomic mass is 16.5. The van der Waals surface area contributed by atoms with E-state index in [-0.39, 0.29) is 11.8 Å². The van der Waals surface area contributed by atoms with E-state index in [0.717, 1.165) is 5.56 Å². The monoisotopic (exact) mass is 316 g/mol. The summed E-state index contributed by atoms with van der Waals surface area (Å²) in [5, 5.41) is 31.3. The summed E-state index contributed by atoms with van der Waals surface area (Å²) in [6, 6.07) is 5.24. The molecule has 0 spiro atoms. The van der Waals surface area contributed by atoms with Crippen LogP contribution in [0.1, 0.15) is 17.7 Å². The quantitative estimate of drug-likeness (QED) is 0.787. The largest absolute Gasteiger partial charge is 0.507 e. The van der Waals surface area contributed by atoms with E-state index in [9.17, 15) is 10.2 Å². The summed E-state index contributed by atoms with van der Waals surface area (Å²) in [5.74, 6) is 0.522. The van der Waals surface area contributed by atoms with E-state index in [1.54, 1.807) is 12.1 Å². The molecule has 23 heavy (non-hydrogen) atoms. The fraction of sp³-hybridized carbons (Fsp3) is 0.438. The van der Waals surface area contributed by atoms with E-state index < -0.39 is 6.10 Å². The molecule has 7 heteroatoms. The standard InChI is InChI=1S/C16H20N4O3/c1-9-3-4-11(13(21)7-9)15-10(2)17-16(20-19-15)18-12-5-6-23-8-14(12)22/h3-4,7,12,14,21-22H,5-6,8H2,1-2H3,(H,17,18,20)/t12-,14-/m1/s1. The average Bonchev–Trinajstić information content (AvgIpc) is 2.51. The van der Waals surface area contributed by atoms with Crippen LogP contribution in [0.5, 0.6) is 5.75 Å². The molecule has 2 heterocycles. The van der Waals surface area contributed by atoms with Gasteiger partial charge in [-0.15, -0.1) is 10.2 Å². The summed E-state index contributed by atoms with van der Waals surface area (Å²) >= 11 is 0. The first-order chi connectivity index (χ1) is 11.0. The van der Waals surface area contributed by atoms with Crippen molar-refractivity contribution in [3.05, 3.63) is 29.5 Å². The van der Waals surface area contributed by atoms with Crippen molar-refractivity contribution >= 4 is 5.95 Å².